The summed E-state index contributed by atoms with van der Waals surface area (Å²) < 4.78 is 0. The van der Waals surface area contributed by atoms with Gasteiger partial charge in [0.15, 0.2) is 0 Å². The lowest BCUT2D eigenvalue weighted by molar-refractivity contribution is -0.0207. The smallest absolute Gasteiger partial charge is 0.0400 e. The summed E-state index contributed by atoms with van der Waals surface area (Å²) in [7, 11) is 4.32. The molecule has 24 heavy (non-hydrogen) atoms. The second kappa shape index (κ2) is 6.93. The van der Waals surface area contributed by atoms with Crippen LogP contribution in [-0.4, -0.2) is 63.2 Å². The van der Waals surface area contributed by atoms with E-state index in [-0.39, 0.29) is 0 Å². The minimum atomic E-state index is 0.595. The van der Waals surface area contributed by atoms with Gasteiger partial charge in [-0.1, -0.05) is 6.92 Å². The zero-order valence-corrected chi connectivity index (χ0v) is 15.9. The summed E-state index contributed by atoms with van der Waals surface area (Å²) in [5.74, 6) is 0. The van der Waals surface area contributed by atoms with E-state index in [4.69, 9.17) is 5.73 Å². The van der Waals surface area contributed by atoms with Crippen molar-refractivity contribution >= 4 is 11.4 Å². The van der Waals surface area contributed by atoms with Crippen LogP contribution in [0.25, 0.3) is 0 Å². The Morgan fingerprint density at radius 2 is 1.83 bits per heavy atom. The maximum Gasteiger partial charge on any atom is 0.0400 e. The lowest BCUT2D eigenvalue weighted by Gasteiger charge is -2.54. The number of nitrogen functional groups attached to an aromatic ring is 1. The Balaban J connectivity index is 1.57. The van der Waals surface area contributed by atoms with Crippen LogP contribution in [-0.2, 0) is 6.42 Å². The highest BCUT2D eigenvalue weighted by molar-refractivity contribution is 5.63. The van der Waals surface area contributed by atoms with Gasteiger partial charge >= 0.3 is 0 Å². The van der Waals surface area contributed by atoms with Crippen molar-refractivity contribution in [1.82, 2.24) is 9.80 Å². The minimum absolute atomic E-state index is 0.595. The zero-order chi connectivity index (χ0) is 17.3. The summed E-state index contributed by atoms with van der Waals surface area (Å²) in [6, 6.07) is 4.48. The summed E-state index contributed by atoms with van der Waals surface area (Å²) in [6.07, 6.45) is 3.67. The van der Waals surface area contributed by atoms with Crippen LogP contribution < -0.4 is 10.6 Å². The van der Waals surface area contributed by atoms with Gasteiger partial charge in [-0.05, 0) is 69.0 Å². The normalized spacial score (nSPS) is 20.6. The number of nitrogens with zero attached hydrogens (tertiary/aromatic N) is 3. The first-order valence-electron chi connectivity index (χ1n) is 9.43. The molecule has 0 atom stereocenters. The van der Waals surface area contributed by atoms with Gasteiger partial charge in [0.2, 0.25) is 0 Å². The van der Waals surface area contributed by atoms with Crippen LogP contribution in [0, 0.1) is 12.3 Å². The van der Waals surface area contributed by atoms with Gasteiger partial charge in [-0.3, -0.25) is 0 Å². The molecule has 134 valence electrons. The molecule has 0 amide bonds. The average Bonchev–Trinajstić information content (AvgIpc) is 2.51. The quantitative estimate of drug-likeness (QED) is 0.842. The fraction of sp³-hybridized carbons (Fsp3) is 0.700. The number of rotatable bonds is 5. The molecule has 2 aliphatic heterocycles. The molecular weight excluding hydrogens is 296 g/mol. The highest BCUT2D eigenvalue weighted by Crippen LogP contribution is 2.42. The summed E-state index contributed by atoms with van der Waals surface area (Å²) in [6.45, 7) is 11.8. The molecule has 4 heteroatoms. The predicted octanol–water partition coefficient (Wildman–Crippen LogP) is 2.60. The van der Waals surface area contributed by atoms with Crippen LogP contribution in [0.4, 0.5) is 11.4 Å². The molecule has 4 nitrogen and oxygen atoms in total. The van der Waals surface area contributed by atoms with E-state index in [1.165, 1.54) is 68.9 Å². The fourth-order valence-electron chi connectivity index (χ4n) is 4.35. The van der Waals surface area contributed by atoms with Gasteiger partial charge < -0.3 is 20.4 Å². The van der Waals surface area contributed by atoms with E-state index in [2.05, 4.69) is 54.8 Å². The van der Waals surface area contributed by atoms with E-state index >= 15 is 0 Å². The topological polar surface area (TPSA) is 35.7 Å². The standard InChI is InChI=1S/C20H34N4/c1-5-17-13-19(16(2)12-18(17)21)24-8-6-20(7-9-24)14-23(15-20)11-10-22(3)4/h12-13H,5-11,14-15,21H2,1-4H3. The number of hydrogen-bond acceptors (Lipinski definition) is 4. The number of piperidine rings is 1. The van der Waals surface area contributed by atoms with Gasteiger partial charge in [-0.2, -0.15) is 0 Å². The molecule has 0 unspecified atom stereocenters. The molecule has 2 aliphatic rings. The maximum atomic E-state index is 6.14. The van der Waals surface area contributed by atoms with Crippen molar-refractivity contribution in [1.29, 1.82) is 0 Å². The van der Waals surface area contributed by atoms with E-state index < -0.39 is 0 Å². The number of likely N-dealkylation sites (tertiary alicyclic amines) is 1. The Bertz CT molecular complexity index is 565. The van der Waals surface area contributed by atoms with E-state index in [9.17, 15) is 0 Å². The van der Waals surface area contributed by atoms with Crippen LogP contribution in [0.5, 0.6) is 0 Å². The first kappa shape index (κ1) is 17.6. The Kier molecular flexibility index (Phi) is 5.07. The van der Waals surface area contributed by atoms with E-state index in [0.717, 1.165) is 12.1 Å². The molecule has 2 saturated heterocycles. The Morgan fingerprint density at radius 3 is 2.42 bits per heavy atom. The molecule has 0 aliphatic carbocycles. The van der Waals surface area contributed by atoms with E-state index in [1.807, 2.05) is 0 Å². The van der Waals surface area contributed by atoms with Crippen molar-refractivity contribution in [3.05, 3.63) is 23.3 Å². The molecule has 1 aromatic rings. The highest BCUT2D eigenvalue weighted by atomic mass is 15.2. The number of nitrogens with two attached hydrogens (primary N) is 1. The molecule has 1 spiro atoms. The third-order valence-electron chi connectivity index (χ3n) is 5.98. The van der Waals surface area contributed by atoms with Crippen LogP contribution in [0.1, 0.15) is 30.9 Å². The van der Waals surface area contributed by atoms with Crippen molar-refractivity contribution in [2.45, 2.75) is 33.1 Å². The highest BCUT2D eigenvalue weighted by Gasteiger charge is 2.44. The molecular formula is C20H34N4. The van der Waals surface area contributed by atoms with Gasteiger partial charge in [0, 0.05) is 50.6 Å². The van der Waals surface area contributed by atoms with Crippen molar-refractivity contribution in [2.24, 2.45) is 5.41 Å². The third kappa shape index (κ3) is 3.55. The Hall–Kier alpha value is -1.26. The average molecular weight is 331 g/mol. The maximum absolute atomic E-state index is 6.14. The fourth-order valence-corrected chi connectivity index (χ4v) is 4.35. The monoisotopic (exact) mass is 330 g/mol. The third-order valence-corrected chi connectivity index (χ3v) is 5.98. The van der Waals surface area contributed by atoms with E-state index in [0.29, 0.717) is 5.41 Å². The van der Waals surface area contributed by atoms with Gasteiger partial charge in [0.05, 0.1) is 0 Å². The molecule has 2 fully saturated rings. The number of aryl methyl sites for hydroxylation is 2. The second-order valence-electron chi connectivity index (χ2n) is 8.19. The predicted molar refractivity (Wildman–Crippen MR) is 104 cm³/mol. The first-order valence-corrected chi connectivity index (χ1v) is 9.43. The van der Waals surface area contributed by atoms with Gasteiger partial charge in [-0.15, -0.1) is 0 Å². The zero-order valence-electron chi connectivity index (χ0n) is 15.9. The van der Waals surface area contributed by atoms with E-state index in [1.54, 1.807) is 0 Å². The molecule has 0 radical (unpaired) electrons. The number of anilines is 2. The Morgan fingerprint density at radius 1 is 1.17 bits per heavy atom. The lowest BCUT2D eigenvalue weighted by Crippen LogP contribution is -2.61. The van der Waals surface area contributed by atoms with Gasteiger partial charge in [-0.25, -0.2) is 0 Å². The molecule has 2 heterocycles. The molecule has 0 saturated carbocycles. The van der Waals surface area contributed by atoms with Gasteiger partial charge in [0.1, 0.15) is 0 Å². The second-order valence-corrected chi connectivity index (χ2v) is 8.19. The minimum Gasteiger partial charge on any atom is -0.398 e. The lowest BCUT2D eigenvalue weighted by atomic mass is 9.72. The van der Waals surface area contributed by atoms with Crippen LogP contribution in [0.3, 0.4) is 0 Å². The van der Waals surface area contributed by atoms with Crippen molar-refractivity contribution in [2.75, 3.05) is 64.0 Å². The largest absolute Gasteiger partial charge is 0.398 e. The summed E-state index contributed by atoms with van der Waals surface area (Å²) in [5.41, 5.74) is 11.7. The van der Waals surface area contributed by atoms with Crippen molar-refractivity contribution < 1.29 is 0 Å². The SMILES string of the molecule is CCc1cc(N2CCC3(CC2)CN(CCN(C)C)C3)c(C)cc1N. The summed E-state index contributed by atoms with van der Waals surface area (Å²) in [5, 5.41) is 0. The molecule has 0 aromatic heterocycles. The molecule has 0 bridgehead atoms. The Labute approximate surface area is 147 Å². The van der Waals surface area contributed by atoms with Crippen molar-refractivity contribution in [3.63, 3.8) is 0 Å². The van der Waals surface area contributed by atoms with Crippen LogP contribution >= 0.6 is 0 Å². The molecule has 3 rings (SSSR count). The molecule has 2 N–H and O–H groups in total. The summed E-state index contributed by atoms with van der Waals surface area (Å²) >= 11 is 0. The summed E-state index contributed by atoms with van der Waals surface area (Å²) in [4.78, 5) is 7.49. The van der Waals surface area contributed by atoms with Crippen molar-refractivity contribution in [3.8, 4) is 0 Å². The van der Waals surface area contributed by atoms with Crippen LogP contribution in [0.15, 0.2) is 12.1 Å². The number of likely N-dealkylation sites (N-methyl/N-ethyl adjacent to an activating group) is 1. The van der Waals surface area contributed by atoms with Crippen LogP contribution in [0.2, 0.25) is 0 Å². The number of hydrogen-bond donors (Lipinski definition) is 1. The molecule has 1 aromatic carbocycles. The number of benzene rings is 1. The van der Waals surface area contributed by atoms with Gasteiger partial charge in [0.25, 0.3) is 0 Å². The first-order chi connectivity index (χ1) is 11.4.